The predicted octanol–water partition coefficient (Wildman–Crippen LogP) is 4.83. The summed E-state index contributed by atoms with van der Waals surface area (Å²) >= 11 is 3.35. The lowest BCUT2D eigenvalue weighted by molar-refractivity contribution is -0.136. The summed E-state index contributed by atoms with van der Waals surface area (Å²) in [6.07, 6.45) is 6.38. The molecule has 1 aliphatic carbocycles. The van der Waals surface area contributed by atoms with E-state index in [-0.39, 0.29) is 28.9 Å². The Morgan fingerprint density at radius 2 is 1.66 bits per heavy atom. The lowest BCUT2D eigenvalue weighted by Crippen LogP contribution is -2.37. The van der Waals surface area contributed by atoms with Crippen LogP contribution in [0.3, 0.4) is 0 Å². The summed E-state index contributed by atoms with van der Waals surface area (Å²) in [6, 6.07) is 17.9. The Morgan fingerprint density at radius 1 is 0.927 bits per heavy atom. The molecule has 1 fully saturated rings. The van der Waals surface area contributed by atoms with Crippen molar-refractivity contribution in [1.82, 2.24) is 10.7 Å². The van der Waals surface area contributed by atoms with E-state index >= 15 is 0 Å². The summed E-state index contributed by atoms with van der Waals surface area (Å²) in [6.45, 7) is 0. The van der Waals surface area contributed by atoms with Gasteiger partial charge in [0.1, 0.15) is 11.5 Å². The average molecular weight is 621 g/mol. The average Bonchev–Trinajstić information content (AvgIpc) is 2.99. The molecule has 0 radical (unpaired) electrons. The fourth-order valence-electron chi connectivity index (χ4n) is 4.29. The highest BCUT2D eigenvalue weighted by molar-refractivity contribution is 9.10. The number of anilines is 1. The smallest absolute Gasteiger partial charge is 0.343 e. The van der Waals surface area contributed by atoms with Crippen molar-refractivity contribution in [1.29, 1.82) is 0 Å². The summed E-state index contributed by atoms with van der Waals surface area (Å²) in [5, 5.41) is 9.34. The molecule has 3 aromatic rings. The van der Waals surface area contributed by atoms with Crippen molar-refractivity contribution in [3.05, 3.63) is 87.9 Å². The molecule has 0 saturated heterocycles. The number of carbonyl (C=O) groups is 4. The minimum Gasteiger partial charge on any atom is -0.497 e. The molecular formula is C30H29BrN4O6. The zero-order valence-corrected chi connectivity index (χ0v) is 23.9. The van der Waals surface area contributed by atoms with Crippen molar-refractivity contribution in [2.75, 3.05) is 12.4 Å². The van der Waals surface area contributed by atoms with Crippen LogP contribution >= 0.6 is 15.9 Å². The maximum absolute atomic E-state index is 12.8. The molecule has 0 spiro atoms. The molecule has 0 unspecified atom stereocenters. The molecule has 3 N–H and O–H groups in total. The van der Waals surface area contributed by atoms with E-state index in [0.717, 1.165) is 32.1 Å². The van der Waals surface area contributed by atoms with Crippen LogP contribution in [0.25, 0.3) is 0 Å². The number of methoxy groups -OCH3 is 1. The molecule has 3 amide bonds. The molecule has 212 valence electrons. The Kier molecular flexibility index (Phi) is 10.2. The molecule has 0 heterocycles. The molecular weight excluding hydrogens is 592 g/mol. The number of amides is 3. The van der Waals surface area contributed by atoms with Crippen LogP contribution in [0.15, 0.2) is 76.3 Å². The summed E-state index contributed by atoms with van der Waals surface area (Å²) in [5.41, 5.74) is 3.32. The number of hydrogen-bond donors (Lipinski definition) is 3. The number of nitrogens with one attached hydrogen (secondary N) is 3. The fraction of sp³-hybridized carbons (Fsp3) is 0.233. The third kappa shape index (κ3) is 8.24. The summed E-state index contributed by atoms with van der Waals surface area (Å²) in [5.74, 6) is -2.16. The molecule has 10 nitrogen and oxygen atoms in total. The topological polar surface area (TPSA) is 135 Å². The molecule has 1 aliphatic rings. The van der Waals surface area contributed by atoms with Gasteiger partial charge in [-0.05, 0) is 67.4 Å². The number of carbonyl (C=O) groups excluding carboxylic acids is 4. The first-order chi connectivity index (χ1) is 19.8. The van der Waals surface area contributed by atoms with E-state index in [1.165, 1.54) is 13.3 Å². The van der Waals surface area contributed by atoms with Gasteiger partial charge >= 0.3 is 17.8 Å². The van der Waals surface area contributed by atoms with Crippen LogP contribution in [0.5, 0.6) is 11.5 Å². The Balaban J connectivity index is 1.38. The van der Waals surface area contributed by atoms with Crippen molar-refractivity contribution in [2.24, 2.45) is 5.10 Å². The van der Waals surface area contributed by atoms with Crippen LogP contribution in [0.1, 0.15) is 58.4 Å². The molecule has 1 saturated carbocycles. The molecule has 11 heteroatoms. The number of halogens is 1. The quantitative estimate of drug-likeness (QED) is 0.109. The maximum Gasteiger partial charge on any atom is 0.343 e. The molecule has 3 aromatic carbocycles. The lowest BCUT2D eigenvalue weighted by atomic mass is 9.95. The SMILES string of the molecule is COc1ccc(C(=O)Oc2ccc(Br)cc2/C=N/NC(=O)C(=O)Nc2ccccc2C(=O)NC2CCCCC2)cc1. The first-order valence-corrected chi connectivity index (χ1v) is 13.8. The number of hydrogen-bond acceptors (Lipinski definition) is 7. The Morgan fingerprint density at radius 3 is 2.39 bits per heavy atom. The normalized spacial score (nSPS) is 13.3. The molecule has 4 rings (SSSR count). The van der Waals surface area contributed by atoms with Gasteiger partial charge in [-0.15, -0.1) is 0 Å². The number of benzene rings is 3. The second-order valence-corrected chi connectivity index (χ2v) is 10.2. The first kappa shape index (κ1) is 29.5. The number of nitrogens with zero attached hydrogens (tertiary/aromatic N) is 1. The van der Waals surface area contributed by atoms with E-state index in [9.17, 15) is 19.2 Å². The predicted molar refractivity (Wildman–Crippen MR) is 157 cm³/mol. The Bertz CT molecular complexity index is 1450. The summed E-state index contributed by atoms with van der Waals surface area (Å²) in [4.78, 5) is 50.5. The third-order valence-corrected chi connectivity index (χ3v) is 6.93. The minimum absolute atomic E-state index is 0.0936. The van der Waals surface area contributed by atoms with E-state index in [1.807, 2.05) is 0 Å². The van der Waals surface area contributed by atoms with Crippen molar-refractivity contribution in [2.45, 2.75) is 38.1 Å². The second-order valence-electron chi connectivity index (χ2n) is 9.31. The maximum atomic E-state index is 12.8. The highest BCUT2D eigenvalue weighted by Gasteiger charge is 2.21. The number of hydrazone groups is 1. The summed E-state index contributed by atoms with van der Waals surface area (Å²) < 4.78 is 11.3. The zero-order chi connectivity index (χ0) is 29.2. The second kappa shape index (κ2) is 14.2. The summed E-state index contributed by atoms with van der Waals surface area (Å²) in [7, 11) is 1.53. The van der Waals surface area contributed by atoms with Gasteiger partial charge in [-0.1, -0.05) is 47.3 Å². The van der Waals surface area contributed by atoms with Crippen LogP contribution in [0, 0.1) is 0 Å². The molecule has 0 bridgehead atoms. The van der Waals surface area contributed by atoms with Crippen molar-refractivity contribution < 1.29 is 28.7 Å². The number of ether oxygens (including phenoxy) is 2. The highest BCUT2D eigenvalue weighted by Crippen LogP contribution is 2.24. The van der Waals surface area contributed by atoms with Gasteiger partial charge in [-0.2, -0.15) is 5.10 Å². The minimum atomic E-state index is -1.05. The molecule has 0 aromatic heterocycles. The van der Waals surface area contributed by atoms with Gasteiger partial charge in [0, 0.05) is 16.1 Å². The van der Waals surface area contributed by atoms with Crippen LogP contribution in [0.2, 0.25) is 0 Å². The van der Waals surface area contributed by atoms with Crippen LogP contribution < -0.4 is 25.5 Å². The van der Waals surface area contributed by atoms with Gasteiger partial charge < -0.3 is 20.1 Å². The third-order valence-electron chi connectivity index (χ3n) is 6.44. The van der Waals surface area contributed by atoms with E-state index in [0.29, 0.717) is 21.3 Å². The van der Waals surface area contributed by atoms with Gasteiger partial charge in [0.15, 0.2) is 0 Å². The number of rotatable bonds is 8. The Labute approximate surface area is 245 Å². The van der Waals surface area contributed by atoms with Gasteiger partial charge in [0.25, 0.3) is 5.91 Å². The number of para-hydroxylation sites is 1. The fourth-order valence-corrected chi connectivity index (χ4v) is 4.67. The number of esters is 1. The van der Waals surface area contributed by atoms with Crippen molar-refractivity contribution in [3.8, 4) is 11.5 Å². The standard InChI is InChI=1S/C30H29BrN4O6/c1-40-23-14-11-19(12-15-23)30(39)41-26-16-13-21(31)17-20(26)18-32-35-29(38)28(37)34-25-10-6-5-9-24(25)27(36)33-22-7-3-2-4-8-22/h5-6,9-18,22H,2-4,7-8H2,1H3,(H,33,36)(H,34,37)(H,35,38)/b32-18+. The van der Waals surface area contributed by atoms with Gasteiger partial charge in [0.05, 0.1) is 30.1 Å². The van der Waals surface area contributed by atoms with Crippen LogP contribution in [-0.4, -0.2) is 43.1 Å². The largest absolute Gasteiger partial charge is 0.497 e. The van der Waals surface area contributed by atoms with E-state index in [1.54, 1.807) is 66.7 Å². The zero-order valence-electron chi connectivity index (χ0n) is 22.3. The lowest BCUT2D eigenvalue weighted by Gasteiger charge is -2.23. The molecule has 41 heavy (non-hydrogen) atoms. The Hall–Kier alpha value is -4.51. The van der Waals surface area contributed by atoms with Crippen LogP contribution in [-0.2, 0) is 9.59 Å². The van der Waals surface area contributed by atoms with Gasteiger partial charge in [-0.25, -0.2) is 10.2 Å². The van der Waals surface area contributed by atoms with E-state index in [4.69, 9.17) is 9.47 Å². The van der Waals surface area contributed by atoms with E-state index in [2.05, 4.69) is 37.1 Å². The van der Waals surface area contributed by atoms with E-state index < -0.39 is 17.8 Å². The molecule has 0 atom stereocenters. The first-order valence-electron chi connectivity index (χ1n) is 13.0. The van der Waals surface area contributed by atoms with Gasteiger partial charge in [0.2, 0.25) is 0 Å². The van der Waals surface area contributed by atoms with Gasteiger partial charge in [-0.3, -0.25) is 14.4 Å². The van der Waals surface area contributed by atoms with Crippen LogP contribution in [0.4, 0.5) is 5.69 Å². The highest BCUT2D eigenvalue weighted by atomic mass is 79.9. The monoisotopic (exact) mass is 620 g/mol. The molecule has 0 aliphatic heterocycles. The van der Waals surface area contributed by atoms with Crippen molar-refractivity contribution >= 4 is 51.5 Å². The van der Waals surface area contributed by atoms with Crippen molar-refractivity contribution in [3.63, 3.8) is 0 Å².